The van der Waals surface area contributed by atoms with Crippen molar-refractivity contribution >= 4 is 15.9 Å². The third-order valence-electron chi connectivity index (χ3n) is 8.36. The molecular weight excluding hydrogens is 488 g/mol. The van der Waals surface area contributed by atoms with Gasteiger partial charge in [-0.2, -0.15) is 0 Å². The first kappa shape index (κ1) is 29.9. The molecule has 2 fully saturated rings. The van der Waals surface area contributed by atoms with E-state index in [1.54, 1.807) is 32.2 Å². The highest BCUT2D eigenvalue weighted by molar-refractivity contribution is 7.89. The second kappa shape index (κ2) is 13.9. The molecule has 0 unspecified atom stereocenters. The van der Waals surface area contributed by atoms with Gasteiger partial charge < -0.3 is 19.9 Å². The van der Waals surface area contributed by atoms with Crippen molar-refractivity contribution in [2.24, 2.45) is 5.92 Å². The normalized spacial score (nSPS) is 21.9. The third-order valence-corrected chi connectivity index (χ3v) is 10.4. The molecule has 9 heteroatoms. The van der Waals surface area contributed by atoms with Gasteiger partial charge in [-0.25, -0.2) is 12.7 Å². The van der Waals surface area contributed by atoms with E-state index in [0.29, 0.717) is 17.4 Å². The van der Waals surface area contributed by atoms with Gasteiger partial charge in [0.05, 0.1) is 12.0 Å². The average Bonchev–Trinajstić information content (AvgIpc) is 2.90. The van der Waals surface area contributed by atoms with Gasteiger partial charge in [-0.05, 0) is 88.2 Å². The summed E-state index contributed by atoms with van der Waals surface area (Å²) >= 11 is 0. The molecule has 210 valence electrons. The fourth-order valence-corrected chi connectivity index (χ4v) is 7.21. The van der Waals surface area contributed by atoms with Gasteiger partial charge in [0.15, 0.2) is 0 Å². The highest BCUT2D eigenvalue weighted by Gasteiger charge is 2.30. The van der Waals surface area contributed by atoms with E-state index in [0.717, 1.165) is 44.9 Å². The molecule has 1 N–H and O–H groups in total. The molecule has 1 aliphatic heterocycles. The number of carbonyl (C=O) groups excluding carboxylic acids is 1. The number of methoxy groups -OCH3 is 1. The second-order valence-electron chi connectivity index (χ2n) is 10.7. The predicted molar refractivity (Wildman–Crippen MR) is 148 cm³/mol. The van der Waals surface area contributed by atoms with Crippen LogP contribution in [0, 0.1) is 12.8 Å². The molecule has 1 heterocycles. The predicted octanol–water partition coefficient (Wildman–Crippen LogP) is 3.50. The van der Waals surface area contributed by atoms with Gasteiger partial charge in [-0.3, -0.25) is 4.79 Å². The molecule has 3 rings (SSSR count). The van der Waals surface area contributed by atoms with Crippen molar-refractivity contribution < 1.29 is 17.9 Å². The number of nitrogens with one attached hydrogen (secondary N) is 1. The summed E-state index contributed by atoms with van der Waals surface area (Å²) in [6, 6.07) is 5.77. The Labute approximate surface area is 224 Å². The van der Waals surface area contributed by atoms with Gasteiger partial charge in [0.25, 0.3) is 0 Å². The number of hydrogen-bond acceptors (Lipinski definition) is 6. The zero-order chi connectivity index (χ0) is 27.0. The number of sulfonamides is 1. The number of nitrogens with zero attached hydrogens (tertiary/aromatic N) is 3. The Morgan fingerprint density at radius 3 is 2.30 bits per heavy atom. The lowest BCUT2D eigenvalue weighted by Crippen LogP contribution is -2.49. The number of likely N-dealkylation sites (tertiary alicyclic amines) is 1. The van der Waals surface area contributed by atoms with Crippen LogP contribution < -0.4 is 10.1 Å². The van der Waals surface area contributed by atoms with E-state index in [1.807, 2.05) is 0 Å². The van der Waals surface area contributed by atoms with E-state index in [-0.39, 0.29) is 29.8 Å². The molecule has 1 aromatic rings. The zero-order valence-electron chi connectivity index (χ0n) is 23.5. The van der Waals surface area contributed by atoms with Gasteiger partial charge in [-0.1, -0.05) is 13.8 Å². The molecule has 0 atom stereocenters. The molecule has 37 heavy (non-hydrogen) atoms. The Bertz CT molecular complexity index is 966. The number of ether oxygens (including phenoxy) is 1. The standard InChI is InChI=1S/C28H48N4O4S/c1-6-31(7-2)21-23-8-10-25(11-9-23)32-18-14-24(15-19-32)29-28(33)16-17-30(4)37(34,35)27-13-12-26(36-5)20-22(27)3/h12-13,20,23-25H,6-11,14-19,21H2,1-5H3,(H,29,33). The maximum absolute atomic E-state index is 13.0. The van der Waals surface area contributed by atoms with E-state index < -0.39 is 10.0 Å². The van der Waals surface area contributed by atoms with E-state index >= 15 is 0 Å². The van der Waals surface area contributed by atoms with Crippen molar-refractivity contribution in [3.8, 4) is 5.75 Å². The summed E-state index contributed by atoms with van der Waals surface area (Å²) in [6.07, 6.45) is 7.31. The van der Waals surface area contributed by atoms with Crippen molar-refractivity contribution in [1.82, 2.24) is 19.4 Å². The first-order chi connectivity index (χ1) is 17.7. The zero-order valence-corrected chi connectivity index (χ0v) is 24.4. The van der Waals surface area contributed by atoms with Gasteiger partial charge in [-0.15, -0.1) is 0 Å². The topological polar surface area (TPSA) is 82.2 Å². The summed E-state index contributed by atoms with van der Waals surface area (Å²) in [7, 11) is -0.587. The van der Waals surface area contributed by atoms with Crippen molar-refractivity contribution in [3.05, 3.63) is 23.8 Å². The van der Waals surface area contributed by atoms with Crippen LogP contribution in [-0.4, -0.2) is 93.9 Å². The molecule has 0 aromatic heterocycles. The summed E-state index contributed by atoms with van der Waals surface area (Å²) in [6.45, 7) is 12.0. The number of carbonyl (C=O) groups is 1. The lowest BCUT2D eigenvalue weighted by molar-refractivity contribution is -0.122. The monoisotopic (exact) mass is 536 g/mol. The fourth-order valence-electron chi connectivity index (χ4n) is 5.83. The minimum absolute atomic E-state index is 0.0798. The van der Waals surface area contributed by atoms with Gasteiger partial charge in [0, 0.05) is 51.7 Å². The molecular formula is C28H48N4O4S. The summed E-state index contributed by atoms with van der Waals surface area (Å²) < 4.78 is 32.4. The SMILES string of the molecule is CCN(CC)CC1CCC(N2CCC(NC(=O)CCN(C)S(=O)(=O)c3ccc(OC)cc3C)CC2)CC1. The molecule has 1 aromatic carbocycles. The molecule has 1 amide bonds. The molecule has 0 radical (unpaired) electrons. The summed E-state index contributed by atoms with van der Waals surface area (Å²) in [5, 5.41) is 3.15. The van der Waals surface area contributed by atoms with E-state index in [1.165, 1.54) is 43.6 Å². The number of rotatable bonds is 12. The fraction of sp³-hybridized carbons (Fsp3) is 0.750. The summed E-state index contributed by atoms with van der Waals surface area (Å²) in [4.78, 5) is 18.0. The van der Waals surface area contributed by atoms with Crippen LogP contribution in [0.1, 0.15) is 64.4 Å². The third kappa shape index (κ3) is 8.15. The van der Waals surface area contributed by atoms with Gasteiger partial charge >= 0.3 is 0 Å². The van der Waals surface area contributed by atoms with Crippen LogP contribution in [0.25, 0.3) is 0 Å². The molecule has 1 aliphatic carbocycles. The average molecular weight is 537 g/mol. The Morgan fingerprint density at radius 1 is 1.08 bits per heavy atom. The number of amides is 1. The Morgan fingerprint density at radius 2 is 1.73 bits per heavy atom. The second-order valence-corrected chi connectivity index (χ2v) is 12.8. The summed E-state index contributed by atoms with van der Waals surface area (Å²) in [5.41, 5.74) is 0.625. The van der Waals surface area contributed by atoms with Crippen LogP contribution in [0.5, 0.6) is 5.75 Å². The molecule has 1 saturated carbocycles. The van der Waals surface area contributed by atoms with E-state index in [4.69, 9.17) is 4.74 Å². The number of piperidine rings is 1. The smallest absolute Gasteiger partial charge is 0.243 e. The highest BCUT2D eigenvalue weighted by Crippen LogP contribution is 2.30. The molecule has 2 aliphatic rings. The van der Waals surface area contributed by atoms with Crippen LogP contribution in [0.15, 0.2) is 23.1 Å². The number of hydrogen-bond donors (Lipinski definition) is 1. The van der Waals surface area contributed by atoms with E-state index in [2.05, 4.69) is 29.0 Å². The number of aryl methyl sites for hydroxylation is 1. The van der Waals surface area contributed by atoms with Gasteiger partial charge in [0.2, 0.25) is 15.9 Å². The van der Waals surface area contributed by atoms with Crippen LogP contribution in [-0.2, 0) is 14.8 Å². The maximum Gasteiger partial charge on any atom is 0.243 e. The molecule has 8 nitrogen and oxygen atoms in total. The maximum atomic E-state index is 13.0. The summed E-state index contributed by atoms with van der Waals surface area (Å²) in [5.74, 6) is 1.37. The van der Waals surface area contributed by atoms with E-state index in [9.17, 15) is 13.2 Å². The minimum Gasteiger partial charge on any atom is -0.497 e. The van der Waals surface area contributed by atoms with Gasteiger partial charge in [0.1, 0.15) is 5.75 Å². The molecule has 0 spiro atoms. The lowest BCUT2D eigenvalue weighted by Gasteiger charge is -2.41. The quantitative estimate of drug-likeness (QED) is 0.440. The molecule has 0 bridgehead atoms. The highest BCUT2D eigenvalue weighted by atomic mass is 32.2. The first-order valence-corrected chi connectivity index (χ1v) is 15.5. The van der Waals surface area contributed by atoms with Crippen molar-refractivity contribution in [3.63, 3.8) is 0 Å². The lowest BCUT2D eigenvalue weighted by atomic mass is 9.84. The molecule has 1 saturated heterocycles. The Kier molecular flexibility index (Phi) is 11.2. The number of benzene rings is 1. The van der Waals surface area contributed by atoms with Crippen molar-refractivity contribution in [2.45, 2.75) is 82.7 Å². The Balaban J connectivity index is 1.38. The largest absolute Gasteiger partial charge is 0.497 e. The van der Waals surface area contributed by atoms with Crippen molar-refractivity contribution in [1.29, 1.82) is 0 Å². The first-order valence-electron chi connectivity index (χ1n) is 14.0. The van der Waals surface area contributed by atoms with Crippen LogP contribution >= 0.6 is 0 Å². The van der Waals surface area contributed by atoms with Crippen LogP contribution in [0.2, 0.25) is 0 Å². The van der Waals surface area contributed by atoms with Crippen LogP contribution in [0.3, 0.4) is 0 Å². The van der Waals surface area contributed by atoms with Crippen LogP contribution in [0.4, 0.5) is 0 Å². The Hall–Kier alpha value is -1.68. The minimum atomic E-state index is -3.67. The van der Waals surface area contributed by atoms with Crippen molar-refractivity contribution in [2.75, 3.05) is 53.4 Å².